The van der Waals surface area contributed by atoms with Crippen molar-refractivity contribution in [1.29, 1.82) is 0 Å². The van der Waals surface area contributed by atoms with Crippen molar-refractivity contribution in [3.63, 3.8) is 0 Å². The molecule has 1 saturated heterocycles. The lowest BCUT2D eigenvalue weighted by molar-refractivity contribution is -0.159. The van der Waals surface area contributed by atoms with Crippen LogP contribution in [0.1, 0.15) is 31.2 Å². The van der Waals surface area contributed by atoms with Gasteiger partial charge in [-0.15, -0.1) is 0 Å². The molecule has 1 aliphatic rings. The van der Waals surface area contributed by atoms with Gasteiger partial charge in [0.15, 0.2) is 0 Å². The lowest BCUT2D eigenvalue weighted by atomic mass is 9.75. The van der Waals surface area contributed by atoms with E-state index in [4.69, 9.17) is 14.5 Å². The van der Waals surface area contributed by atoms with Crippen molar-refractivity contribution >= 4 is 17.0 Å². The normalized spacial score (nSPS) is 19.7. The molecule has 2 aromatic carbocycles. The highest BCUT2D eigenvalue weighted by molar-refractivity contribution is 5.78. The summed E-state index contributed by atoms with van der Waals surface area (Å²) < 4.78 is 10.9. The first-order valence-corrected chi connectivity index (χ1v) is 10.6. The number of imidazole rings is 1. The predicted octanol–water partition coefficient (Wildman–Crippen LogP) is 3.96. The fraction of sp³-hybridized carbons (Fsp3) is 0.417. The number of ether oxygens (including phenoxy) is 2. The number of carbonyl (C=O) groups is 1. The Morgan fingerprint density at radius 1 is 1.23 bits per heavy atom. The maximum absolute atomic E-state index is 13.1. The number of carbonyl (C=O) groups excluding carboxylic acids is 1. The number of piperidine rings is 1. The Balaban J connectivity index is 1.56. The number of H-pyrrole nitrogens is 1. The minimum absolute atomic E-state index is 0.109. The van der Waals surface area contributed by atoms with Crippen LogP contribution in [-0.2, 0) is 22.5 Å². The average molecular weight is 408 g/mol. The molecule has 1 fully saturated rings. The summed E-state index contributed by atoms with van der Waals surface area (Å²) in [5.74, 6) is 1.63. The number of hydrogen-bond acceptors (Lipinski definition) is 5. The summed E-state index contributed by atoms with van der Waals surface area (Å²) in [6.07, 6.45) is 2.41. The minimum atomic E-state index is -0.563. The van der Waals surface area contributed by atoms with E-state index >= 15 is 0 Å². The van der Waals surface area contributed by atoms with Crippen LogP contribution in [0.3, 0.4) is 0 Å². The van der Waals surface area contributed by atoms with Gasteiger partial charge in [-0.2, -0.15) is 0 Å². The Morgan fingerprint density at radius 2 is 2.10 bits per heavy atom. The van der Waals surface area contributed by atoms with Crippen LogP contribution in [0.2, 0.25) is 0 Å². The molecule has 0 saturated carbocycles. The van der Waals surface area contributed by atoms with Crippen LogP contribution in [-0.4, -0.2) is 47.6 Å². The minimum Gasteiger partial charge on any atom is -0.497 e. The number of esters is 1. The second-order valence-corrected chi connectivity index (χ2v) is 8.04. The van der Waals surface area contributed by atoms with E-state index < -0.39 is 5.41 Å². The van der Waals surface area contributed by atoms with E-state index in [1.807, 2.05) is 49.4 Å². The summed E-state index contributed by atoms with van der Waals surface area (Å²) in [6.45, 7) is 4.54. The average Bonchev–Trinajstić information content (AvgIpc) is 3.16. The lowest BCUT2D eigenvalue weighted by Crippen LogP contribution is -2.49. The van der Waals surface area contributed by atoms with Crippen molar-refractivity contribution < 1.29 is 14.3 Å². The van der Waals surface area contributed by atoms with Crippen LogP contribution < -0.4 is 4.74 Å². The van der Waals surface area contributed by atoms with Crippen LogP contribution in [0.25, 0.3) is 11.0 Å². The Labute approximate surface area is 177 Å². The molecule has 6 nitrogen and oxygen atoms in total. The number of nitrogens with zero attached hydrogens (tertiary/aromatic N) is 2. The third-order valence-corrected chi connectivity index (χ3v) is 5.85. The fourth-order valence-electron chi connectivity index (χ4n) is 4.49. The van der Waals surface area contributed by atoms with Gasteiger partial charge in [0.05, 0.1) is 36.7 Å². The highest BCUT2D eigenvalue weighted by Gasteiger charge is 2.43. The lowest BCUT2D eigenvalue weighted by Gasteiger charge is -2.41. The van der Waals surface area contributed by atoms with E-state index in [0.29, 0.717) is 26.1 Å². The Hall–Kier alpha value is -2.86. The molecule has 0 bridgehead atoms. The maximum atomic E-state index is 13.1. The quantitative estimate of drug-likeness (QED) is 0.601. The van der Waals surface area contributed by atoms with Gasteiger partial charge in [0.1, 0.15) is 11.6 Å². The molecule has 1 aromatic heterocycles. The standard InChI is InChI=1S/C24H29N3O3/c1-3-30-23(28)24(15-18-8-6-9-19(14-18)29-2)12-7-13-27(17-24)16-22-25-20-10-4-5-11-21(20)26-22/h4-6,8-11,14H,3,7,12-13,15-17H2,1-2H3,(H,25,26)/t24-/m1/s1. The van der Waals surface area contributed by atoms with Crippen molar-refractivity contribution in [2.45, 2.75) is 32.7 Å². The summed E-state index contributed by atoms with van der Waals surface area (Å²) in [5, 5.41) is 0. The number of aromatic nitrogens is 2. The van der Waals surface area contributed by atoms with Crippen LogP contribution in [0.5, 0.6) is 5.75 Å². The summed E-state index contributed by atoms with van der Waals surface area (Å²) in [4.78, 5) is 23.5. The predicted molar refractivity (Wildman–Crippen MR) is 116 cm³/mol. The first-order chi connectivity index (χ1) is 14.6. The van der Waals surface area contributed by atoms with Gasteiger partial charge in [0.25, 0.3) is 0 Å². The second kappa shape index (κ2) is 8.88. The van der Waals surface area contributed by atoms with Crippen molar-refractivity contribution in [1.82, 2.24) is 14.9 Å². The molecule has 158 valence electrons. The summed E-state index contributed by atoms with van der Waals surface area (Å²) in [7, 11) is 1.66. The van der Waals surface area contributed by atoms with Gasteiger partial charge in [-0.3, -0.25) is 9.69 Å². The zero-order valence-electron chi connectivity index (χ0n) is 17.7. The molecule has 1 atom stereocenters. The van der Waals surface area contributed by atoms with Gasteiger partial charge in [-0.25, -0.2) is 4.98 Å². The molecule has 1 N–H and O–H groups in total. The second-order valence-electron chi connectivity index (χ2n) is 8.04. The van der Waals surface area contributed by atoms with Crippen molar-refractivity contribution in [2.75, 3.05) is 26.8 Å². The van der Waals surface area contributed by atoms with Crippen LogP contribution in [0, 0.1) is 5.41 Å². The summed E-state index contributed by atoms with van der Waals surface area (Å²) in [6, 6.07) is 16.0. The monoisotopic (exact) mass is 407 g/mol. The number of hydrogen-bond donors (Lipinski definition) is 1. The van der Waals surface area contributed by atoms with Crippen LogP contribution in [0.15, 0.2) is 48.5 Å². The van der Waals surface area contributed by atoms with E-state index in [9.17, 15) is 4.79 Å². The van der Waals surface area contributed by atoms with Gasteiger partial charge >= 0.3 is 5.97 Å². The first-order valence-electron chi connectivity index (χ1n) is 10.6. The number of methoxy groups -OCH3 is 1. The first kappa shape index (κ1) is 20.4. The van der Waals surface area contributed by atoms with E-state index in [-0.39, 0.29) is 5.97 Å². The number of para-hydroxylation sites is 2. The number of aromatic amines is 1. The molecular formula is C24H29N3O3. The largest absolute Gasteiger partial charge is 0.497 e. The molecule has 1 aliphatic heterocycles. The molecule has 0 unspecified atom stereocenters. The molecule has 4 rings (SSSR count). The Morgan fingerprint density at radius 3 is 2.90 bits per heavy atom. The summed E-state index contributed by atoms with van der Waals surface area (Å²) >= 11 is 0. The van der Waals surface area contributed by atoms with Gasteiger partial charge < -0.3 is 14.5 Å². The Bertz CT molecular complexity index is 983. The van der Waals surface area contributed by atoms with Crippen molar-refractivity contribution in [2.24, 2.45) is 5.41 Å². The molecule has 3 aromatic rings. The number of rotatable bonds is 7. The van der Waals surface area contributed by atoms with Crippen molar-refractivity contribution in [3.8, 4) is 5.75 Å². The van der Waals surface area contributed by atoms with Gasteiger partial charge in [0, 0.05) is 6.54 Å². The zero-order valence-corrected chi connectivity index (χ0v) is 17.7. The van der Waals surface area contributed by atoms with E-state index in [0.717, 1.165) is 47.6 Å². The zero-order chi connectivity index (χ0) is 21.0. The molecule has 0 spiro atoms. The molecule has 6 heteroatoms. The molecule has 0 aliphatic carbocycles. The third kappa shape index (κ3) is 4.33. The SMILES string of the molecule is CCOC(=O)[C@@]1(Cc2cccc(OC)c2)CCCN(Cc2nc3ccccc3[nH]2)C1. The fourth-order valence-corrected chi connectivity index (χ4v) is 4.49. The highest BCUT2D eigenvalue weighted by atomic mass is 16.5. The molecule has 0 amide bonds. The molecule has 2 heterocycles. The van der Waals surface area contributed by atoms with E-state index in [2.05, 4.69) is 16.0 Å². The van der Waals surface area contributed by atoms with Crippen molar-refractivity contribution in [3.05, 3.63) is 59.9 Å². The number of fused-ring (bicyclic) bond motifs is 1. The maximum Gasteiger partial charge on any atom is 0.313 e. The highest BCUT2D eigenvalue weighted by Crippen LogP contribution is 2.36. The number of likely N-dealkylation sites (tertiary alicyclic amines) is 1. The smallest absolute Gasteiger partial charge is 0.313 e. The Kier molecular flexibility index (Phi) is 6.04. The van der Waals surface area contributed by atoms with Gasteiger partial charge in [-0.05, 0) is 62.6 Å². The van der Waals surface area contributed by atoms with E-state index in [1.165, 1.54) is 0 Å². The van der Waals surface area contributed by atoms with E-state index in [1.54, 1.807) is 7.11 Å². The molecule has 30 heavy (non-hydrogen) atoms. The van der Waals surface area contributed by atoms with Gasteiger partial charge in [0.2, 0.25) is 0 Å². The topological polar surface area (TPSA) is 67.5 Å². The third-order valence-electron chi connectivity index (χ3n) is 5.85. The molecule has 0 radical (unpaired) electrons. The van der Waals surface area contributed by atoms with Gasteiger partial charge in [-0.1, -0.05) is 24.3 Å². The number of benzene rings is 2. The van der Waals surface area contributed by atoms with Crippen LogP contribution >= 0.6 is 0 Å². The number of nitrogens with one attached hydrogen (secondary N) is 1. The molecular weight excluding hydrogens is 378 g/mol. The van der Waals surface area contributed by atoms with Crippen LogP contribution in [0.4, 0.5) is 0 Å². The summed E-state index contributed by atoms with van der Waals surface area (Å²) in [5.41, 5.74) is 2.54.